The van der Waals surface area contributed by atoms with Crippen LogP contribution in [-0.4, -0.2) is 16.3 Å². The first-order chi connectivity index (χ1) is 6.95. The Kier molecular flexibility index (Phi) is 3.32. The van der Waals surface area contributed by atoms with Crippen molar-refractivity contribution in [3.63, 3.8) is 0 Å². The van der Waals surface area contributed by atoms with Crippen molar-refractivity contribution in [1.29, 1.82) is 0 Å². The molecule has 0 fully saturated rings. The molecule has 1 N–H and O–H groups in total. The van der Waals surface area contributed by atoms with Gasteiger partial charge in [-0.1, -0.05) is 0 Å². The van der Waals surface area contributed by atoms with Crippen molar-refractivity contribution in [2.45, 2.75) is 13.1 Å². The highest BCUT2D eigenvalue weighted by Crippen LogP contribution is 2.04. The molecule has 2 rings (SSSR count). The van der Waals surface area contributed by atoms with E-state index in [2.05, 4.69) is 27.2 Å². The summed E-state index contributed by atoms with van der Waals surface area (Å²) in [6.45, 7) is 2.83. The van der Waals surface area contributed by atoms with Gasteiger partial charge in [-0.3, -0.25) is 4.68 Å². The molecular weight excluding hydrogens is 194 g/mol. The van der Waals surface area contributed by atoms with Crippen LogP contribution in [-0.2, 0) is 13.1 Å². The molecule has 0 saturated heterocycles. The van der Waals surface area contributed by atoms with Crippen molar-refractivity contribution < 1.29 is 0 Å². The minimum atomic E-state index is 0.928. The van der Waals surface area contributed by atoms with Crippen LogP contribution in [0.25, 0.3) is 0 Å². The van der Waals surface area contributed by atoms with E-state index in [1.165, 1.54) is 5.56 Å². The summed E-state index contributed by atoms with van der Waals surface area (Å²) in [6, 6.07) is 4.09. The van der Waals surface area contributed by atoms with Crippen LogP contribution in [0.2, 0.25) is 0 Å². The average Bonchev–Trinajstić information content (AvgIpc) is 2.86. The topological polar surface area (TPSA) is 29.9 Å². The van der Waals surface area contributed by atoms with Gasteiger partial charge in [0.15, 0.2) is 0 Å². The van der Waals surface area contributed by atoms with Crippen molar-refractivity contribution >= 4 is 11.3 Å². The summed E-state index contributed by atoms with van der Waals surface area (Å²) in [6.07, 6.45) is 3.78. The van der Waals surface area contributed by atoms with Crippen LogP contribution < -0.4 is 5.32 Å². The van der Waals surface area contributed by atoms with Gasteiger partial charge in [0.1, 0.15) is 0 Å². The Morgan fingerprint density at radius 1 is 1.50 bits per heavy atom. The maximum Gasteiger partial charge on any atom is 0.0534 e. The van der Waals surface area contributed by atoms with E-state index < -0.39 is 0 Å². The van der Waals surface area contributed by atoms with Gasteiger partial charge in [0.2, 0.25) is 0 Å². The van der Waals surface area contributed by atoms with Crippen LogP contribution in [0.3, 0.4) is 0 Å². The SMILES string of the molecule is c1cnn(CCNCc2ccsc2)c1. The average molecular weight is 207 g/mol. The summed E-state index contributed by atoms with van der Waals surface area (Å²) in [5.41, 5.74) is 1.36. The standard InChI is InChI=1S/C10H13N3S/c1-3-12-13(5-1)6-4-11-8-10-2-7-14-9-10/h1-3,5,7,9,11H,4,6,8H2. The summed E-state index contributed by atoms with van der Waals surface area (Å²) >= 11 is 1.74. The monoisotopic (exact) mass is 207 g/mol. The molecule has 0 aliphatic carbocycles. The number of aromatic nitrogens is 2. The Balaban J connectivity index is 1.65. The molecule has 74 valence electrons. The molecule has 2 aromatic rings. The van der Waals surface area contributed by atoms with Gasteiger partial charge in [0.25, 0.3) is 0 Å². The number of nitrogens with zero attached hydrogens (tertiary/aromatic N) is 2. The Bertz CT molecular complexity index is 303. The van der Waals surface area contributed by atoms with Crippen molar-refractivity contribution in [2.24, 2.45) is 0 Å². The largest absolute Gasteiger partial charge is 0.311 e. The van der Waals surface area contributed by atoms with E-state index in [4.69, 9.17) is 0 Å². The Morgan fingerprint density at radius 2 is 2.50 bits per heavy atom. The molecule has 0 spiro atoms. The van der Waals surface area contributed by atoms with Gasteiger partial charge in [0, 0.05) is 25.5 Å². The number of hydrogen-bond acceptors (Lipinski definition) is 3. The van der Waals surface area contributed by atoms with E-state index in [0.717, 1.165) is 19.6 Å². The van der Waals surface area contributed by atoms with Crippen LogP contribution in [0.4, 0.5) is 0 Å². The highest BCUT2D eigenvalue weighted by atomic mass is 32.1. The van der Waals surface area contributed by atoms with Crippen LogP contribution >= 0.6 is 11.3 Å². The molecule has 0 radical (unpaired) electrons. The van der Waals surface area contributed by atoms with Gasteiger partial charge in [0.05, 0.1) is 6.54 Å². The van der Waals surface area contributed by atoms with Crippen LogP contribution in [0.5, 0.6) is 0 Å². The zero-order valence-corrected chi connectivity index (χ0v) is 8.70. The summed E-state index contributed by atoms with van der Waals surface area (Å²) in [4.78, 5) is 0. The molecule has 14 heavy (non-hydrogen) atoms. The van der Waals surface area contributed by atoms with Gasteiger partial charge >= 0.3 is 0 Å². The van der Waals surface area contributed by atoms with Crippen LogP contribution in [0.1, 0.15) is 5.56 Å². The van der Waals surface area contributed by atoms with Crippen molar-refractivity contribution in [2.75, 3.05) is 6.54 Å². The Labute approximate surface area is 87.4 Å². The molecule has 3 nitrogen and oxygen atoms in total. The fraction of sp³-hybridized carbons (Fsp3) is 0.300. The molecule has 4 heteroatoms. The quantitative estimate of drug-likeness (QED) is 0.757. The molecule has 0 amide bonds. The number of rotatable bonds is 5. The van der Waals surface area contributed by atoms with Gasteiger partial charge in [-0.2, -0.15) is 16.4 Å². The minimum absolute atomic E-state index is 0.928. The molecule has 0 bridgehead atoms. The lowest BCUT2D eigenvalue weighted by Gasteiger charge is -2.03. The minimum Gasteiger partial charge on any atom is -0.311 e. The molecule has 0 unspecified atom stereocenters. The maximum atomic E-state index is 4.13. The van der Waals surface area contributed by atoms with Gasteiger partial charge < -0.3 is 5.32 Å². The van der Waals surface area contributed by atoms with E-state index in [0.29, 0.717) is 0 Å². The third-order valence-corrected chi connectivity index (χ3v) is 2.72. The fourth-order valence-corrected chi connectivity index (χ4v) is 1.92. The lowest BCUT2D eigenvalue weighted by Crippen LogP contribution is -2.19. The number of thiophene rings is 1. The lowest BCUT2D eigenvalue weighted by atomic mass is 10.3. The van der Waals surface area contributed by atoms with Crippen molar-refractivity contribution in [3.8, 4) is 0 Å². The summed E-state index contributed by atoms with van der Waals surface area (Å²) < 4.78 is 1.93. The predicted octanol–water partition coefficient (Wildman–Crippen LogP) is 1.73. The van der Waals surface area contributed by atoms with E-state index in [-0.39, 0.29) is 0 Å². The zero-order chi connectivity index (χ0) is 9.64. The highest BCUT2D eigenvalue weighted by Gasteiger charge is 1.92. The summed E-state index contributed by atoms with van der Waals surface area (Å²) in [5.74, 6) is 0. The van der Waals surface area contributed by atoms with E-state index >= 15 is 0 Å². The Hall–Kier alpha value is -1.13. The molecule has 2 aromatic heterocycles. The van der Waals surface area contributed by atoms with Gasteiger partial charge in [-0.25, -0.2) is 0 Å². The number of hydrogen-bond donors (Lipinski definition) is 1. The third-order valence-electron chi connectivity index (χ3n) is 1.99. The fourth-order valence-electron chi connectivity index (χ4n) is 1.25. The molecule has 0 aliphatic heterocycles. The van der Waals surface area contributed by atoms with Crippen molar-refractivity contribution in [1.82, 2.24) is 15.1 Å². The van der Waals surface area contributed by atoms with E-state index in [9.17, 15) is 0 Å². The predicted molar refractivity (Wildman–Crippen MR) is 58.3 cm³/mol. The second-order valence-electron chi connectivity index (χ2n) is 3.08. The first kappa shape index (κ1) is 9.43. The summed E-state index contributed by atoms with van der Waals surface area (Å²) in [5, 5.41) is 11.8. The Morgan fingerprint density at radius 3 is 3.21 bits per heavy atom. The molecule has 2 heterocycles. The second-order valence-corrected chi connectivity index (χ2v) is 3.86. The maximum absolute atomic E-state index is 4.13. The molecule has 0 atom stereocenters. The van der Waals surface area contributed by atoms with Gasteiger partial charge in [-0.15, -0.1) is 0 Å². The lowest BCUT2D eigenvalue weighted by molar-refractivity contribution is 0.555. The second kappa shape index (κ2) is 4.93. The number of nitrogens with one attached hydrogen (secondary N) is 1. The van der Waals surface area contributed by atoms with Crippen LogP contribution in [0, 0.1) is 0 Å². The highest BCUT2D eigenvalue weighted by molar-refractivity contribution is 7.07. The van der Waals surface area contributed by atoms with Gasteiger partial charge in [-0.05, 0) is 28.5 Å². The molecule has 0 saturated carbocycles. The first-order valence-electron chi connectivity index (χ1n) is 4.64. The van der Waals surface area contributed by atoms with Crippen LogP contribution in [0.15, 0.2) is 35.3 Å². The normalized spacial score (nSPS) is 10.6. The van der Waals surface area contributed by atoms with Crippen molar-refractivity contribution in [3.05, 3.63) is 40.8 Å². The molecular formula is C10H13N3S. The molecule has 0 aromatic carbocycles. The smallest absolute Gasteiger partial charge is 0.0534 e. The van der Waals surface area contributed by atoms with E-state index in [1.807, 2.05) is 16.9 Å². The molecule has 0 aliphatic rings. The third kappa shape index (κ3) is 2.68. The van der Waals surface area contributed by atoms with E-state index in [1.54, 1.807) is 17.5 Å². The first-order valence-corrected chi connectivity index (χ1v) is 5.58. The zero-order valence-electron chi connectivity index (χ0n) is 7.89. The summed E-state index contributed by atoms with van der Waals surface area (Å²) in [7, 11) is 0.